The lowest BCUT2D eigenvalue weighted by atomic mass is 10.1. The van der Waals surface area contributed by atoms with Gasteiger partial charge in [-0.25, -0.2) is 0 Å². The Labute approximate surface area is 116 Å². The number of hydrogen-bond acceptors (Lipinski definition) is 4. The predicted octanol–water partition coefficient (Wildman–Crippen LogP) is 2.09. The first-order chi connectivity index (χ1) is 9.74. The zero-order valence-corrected chi connectivity index (χ0v) is 11.1. The minimum atomic E-state index is -0.0804. The van der Waals surface area contributed by atoms with Crippen LogP contribution in [0.1, 0.15) is 16.1 Å². The van der Waals surface area contributed by atoms with Crippen LogP contribution in [0.5, 0.6) is 11.5 Å². The van der Waals surface area contributed by atoms with Crippen LogP contribution in [0.2, 0.25) is 0 Å². The van der Waals surface area contributed by atoms with Crippen LogP contribution in [0, 0.1) is 0 Å². The summed E-state index contributed by atoms with van der Waals surface area (Å²) >= 11 is 0. The first-order valence-electron chi connectivity index (χ1n) is 6.34. The Bertz CT molecular complexity index is 674. The molecule has 0 bridgehead atoms. The molecule has 1 aliphatic rings. The van der Waals surface area contributed by atoms with E-state index in [1.165, 1.54) is 6.08 Å². The number of aryl methyl sites for hydroxylation is 1. The van der Waals surface area contributed by atoms with Gasteiger partial charge >= 0.3 is 0 Å². The summed E-state index contributed by atoms with van der Waals surface area (Å²) in [4.78, 5) is 12.1. The van der Waals surface area contributed by atoms with Crippen molar-refractivity contribution in [2.75, 3.05) is 13.2 Å². The quantitative estimate of drug-likeness (QED) is 0.633. The average Bonchev–Trinajstić information content (AvgIpc) is 2.89. The molecule has 2 aromatic rings. The molecule has 0 radical (unpaired) electrons. The van der Waals surface area contributed by atoms with Gasteiger partial charge in [0.05, 0.1) is 5.69 Å². The summed E-state index contributed by atoms with van der Waals surface area (Å²) in [5.41, 5.74) is 1.45. The molecule has 1 aromatic heterocycles. The Kier molecular flexibility index (Phi) is 3.25. The Balaban J connectivity index is 1.80. The van der Waals surface area contributed by atoms with Crippen molar-refractivity contribution >= 4 is 11.9 Å². The molecule has 20 heavy (non-hydrogen) atoms. The lowest BCUT2D eigenvalue weighted by molar-refractivity contribution is 0.104. The first kappa shape index (κ1) is 12.5. The second-order valence-corrected chi connectivity index (χ2v) is 4.44. The van der Waals surface area contributed by atoms with Crippen molar-refractivity contribution in [3.05, 3.63) is 47.8 Å². The SMILES string of the molecule is Cn1nccc1C=CC(=O)c1ccc2c(c1)OCCO2. The summed E-state index contributed by atoms with van der Waals surface area (Å²) in [5, 5.41) is 4.04. The molecule has 102 valence electrons. The largest absolute Gasteiger partial charge is 0.486 e. The van der Waals surface area contributed by atoms with Gasteiger partial charge in [0.25, 0.3) is 0 Å². The van der Waals surface area contributed by atoms with E-state index in [0.717, 1.165) is 5.69 Å². The van der Waals surface area contributed by atoms with Gasteiger partial charge in [0, 0.05) is 18.8 Å². The van der Waals surface area contributed by atoms with Gasteiger partial charge in [0.2, 0.25) is 0 Å². The first-order valence-corrected chi connectivity index (χ1v) is 6.34. The van der Waals surface area contributed by atoms with Crippen LogP contribution in [0.4, 0.5) is 0 Å². The number of allylic oxidation sites excluding steroid dienone is 1. The Hall–Kier alpha value is -2.56. The van der Waals surface area contributed by atoms with Crippen molar-refractivity contribution in [1.82, 2.24) is 9.78 Å². The van der Waals surface area contributed by atoms with Crippen molar-refractivity contribution < 1.29 is 14.3 Å². The maximum atomic E-state index is 12.1. The summed E-state index contributed by atoms with van der Waals surface area (Å²) in [7, 11) is 1.83. The van der Waals surface area contributed by atoms with Crippen LogP contribution in [0.25, 0.3) is 6.08 Å². The number of carbonyl (C=O) groups excluding carboxylic acids is 1. The third-order valence-corrected chi connectivity index (χ3v) is 3.09. The van der Waals surface area contributed by atoms with E-state index in [-0.39, 0.29) is 5.78 Å². The third-order valence-electron chi connectivity index (χ3n) is 3.09. The highest BCUT2D eigenvalue weighted by Crippen LogP contribution is 2.30. The van der Waals surface area contributed by atoms with Gasteiger partial charge in [-0.2, -0.15) is 5.10 Å². The van der Waals surface area contributed by atoms with E-state index in [2.05, 4.69) is 5.10 Å². The van der Waals surface area contributed by atoms with E-state index in [0.29, 0.717) is 30.3 Å². The number of ether oxygens (including phenoxy) is 2. The van der Waals surface area contributed by atoms with Crippen LogP contribution in [-0.4, -0.2) is 28.8 Å². The van der Waals surface area contributed by atoms with E-state index in [1.807, 2.05) is 13.1 Å². The molecule has 0 aliphatic carbocycles. The second-order valence-electron chi connectivity index (χ2n) is 4.44. The van der Waals surface area contributed by atoms with Gasteiger partial charge in [-0.05, 0) is 36.4 Å². The topological polar surface area (TPSA) is 53.4 Å². The molecule has 3 rings (SSSR count). The molecule has 1 aromatic carbocycles. The molecule has 0 amide bonds. The maximum absolute atomic E-state index is 12.1. The molecule has 0 spiro atoms. The molecule has 0 N–H and O–H groups in total. The number of aromatic nitrogens is 2. The zero-order chi connectivity index (χ0) is 13.9. The van der Waals surface area contributed by atoms with Crippen LogP contribution < -0.4 is 9.47 Å². The van der Waals surface area contributed by atoms with E-state index in [1.54, 1.807) is 35.2 Å². The minimum Gasteiger partial charge on any atom is -0.486 e. The Morgan fingerprint density at radius 3 is 2.80 bits per heavy atom. The number of rotatable bonds is 3. The van der Waals surface area contributed by atoms with Crippen LogP contribution in [-0.2, 0) is 7.05 Å². The lowest BCUT2D eigenvalue weighted by Crippen LogP contribution is -2.15. The van der Waals surface area contributed by atoms with Crippen molar-refractivity contribution in [2.24, 2.45) is 7.05 Å². The number of fused-ring (bicyclic) bond motifs is 1. The molecule has 0 unspecified atom stereocenters. The van der Waals surface area contributed by atoms with Crippen LogP contribution in [0.3, 0.4) is 0 Å². The predicted molar refractivity (Wildman–Crippen MR) is 74.0 cm³/mol. The fourth-order valence-corrected chi connectivity index (χ4v) is 2.00. The standard InChI is InChI=1S/C15H14N2O3/c1-17-12(6-7-16-17)3-4-13(18)11-2-5-14-15(10-11)20-9-8-19-14/h2-7,10H,8-9H2,1H3. The Morgan fingerprint density at radius 2 is 2.05 bits per heavy atom. The van der Waals surface area contributed by atoms with E-state index < -0.39 is 0 Å². The van der Waals surface area contributed by atoms with E-state index in [9.17, 15) is 4.79 Å². The number of hydrogen-bond donors (Lipinski definition) is 0. The summed E-state index contributed by atoms with van der Waals surface area (Å²) in [6, 6.07) is 7.06. The average molecular weight is 270 g/mol. The van der Waals surface area contributed by atoms with Gasteiger partial charge in [0.15, 0.2) is 17.3 Å². The van der Waals surface area contributed by atoms with Gasteiger partial charge in [0.1, 0.15) is 13.2 Å². The number of nitrogens with zero attached hydrogens (tertiary/aromatic N) is 2. The molecule has 2 heterocycles. The number of carbonyl (C=O) groups is 1. The maximum Gasteiger partial charge on any atom is 0.186 e. The van der Waals surface area contributed by atoms with Gasteiger partial charge in [-0.1, -0.05) is 0 Å². The second kappa shape index (κ2) is 5.21. The molecule has 0 saturated carbocycles. The fourth-order valence-electron chi connectivity index (χ4n) is 2.00. The molecular formula is C15H14N2O3. The molecule has 0 fully saturated rings. The summed E-state index contributed by atoms with van der Waals surface area (Å²) in [6.07, 6.45) is 4.96. The molecule has 5 nitrogen and oxygen atoms in total. The summed E-state index contributed by atoms with van der Waals surface area (Å²) < 4.78 is 12.6. The van der Waals surface area contributed by atoms with E-state index >= 15 is 0 Å². The minimum absolute atomic E-state index is 0.0804. The van der Waals surface area contributed by atoms with Crippen molar-refractivity contribution in [3.63, 3.8) is 0 Å². The fraction of sp³-hybridized carbons (Fsp3) is 0.200. The van der Waals surface area contributed by atoms with Gasteiger partial charge in [-0.3, -0.25) is 9.48 Å². The van der Waals surface area contributed by atoms with Crippen molar-refractivity contribution in [1.29, 1.82) is 0 Å². The van der Waals surface area contributed by atoms with Gasteiger partial charge in [-0.15, -0.1) is 0 Å². The Morgan fingerprint density at radius 1 is 1.25 bits per heavy atom. The lowest BCUT2D eigenvalue weighted by Gasteiger charge is -2.18. The molecular weight excluding hydrogens is 256 g/mol. The van der Waals surface area contributed by atoms with Gasteiger partial charge < -0.3 is 9.47 Å². The number of ketones is 1. The van der Waals surface area contributed by atoms with E-state index in [4.69, 9.17) is 9.47 Å². The van der Waals surface area contributed by atoms with Crippen molar-refractivity contribution in [2.45, 2.75) is 0 Å². The third kappa shape index (κ3) is 2.42. The highest BCUT2D eigenvalue weighted by Gasteiger charge is 2.13. The zero-order valence-electron chi connectivity index (χ0n) is 11.1. The highest BCUT2D eigenvalue weighted by molar-refractivity contribution is 6.07. The van der Waals surface area contributed by atoms with Crippen LogP contribution >= 0.6 is 0 Å². The molecule has 0 atom stereocenters. The van der Waals surface area contributed by atoms with Crippen LogP contribution in [0.15, 0.2) is 36.5 Å². The monoisotopic (exact) mass is 270 g/mol. The molecule has 1 aliphatic heterocycles. The summed E-state index contributed by atoms with van der Waals surface area (Å²) in [5.74, 6) is 1.22. The molecule has 5 heteroatoms. The smallest absolute Gasteiger partial charge is 0.186 e. The normalized spacial score (nSPS) is 13.7. The summed E-state index contributed by atoms with van der Waals surface area (Å²) in [6.45, 7) is 1.05. The van der Waals surface area contributed by atoms with Crippen molar-refractivity contribution in [3.8, 4) is 11.5 Å². The number of benzene rings is 1. The highest BCUT2D eigenvalue weighted by atomic mass is 16.6. The molecule has 0 saturated heterocycles.